The van der Waals surface area contributed by atoms with Crippen LogP contribution in [0.1, 0.15) is 17.3 Å². The predicted octanol–water partition coefficient (Wildman–Crippen LogP) is 3.16. The number of benzene rings is 1. The van der Waals surface area contributed by atoms with Crippen LogP contribution in [0.4, 0.5) is 0 Å². The summed E-state index contributed by atoms with van der Waals surface area (Å²) in [5.74, 6) is 0.414. The molecule has 1 rings (SSSR count). The summed E-state index contributed by atoms with van der Waals surface area (Å²) in [6.45, 7) is 2.45. The van der Waals surface area contributed by atoms with E-state index in [0.717, 1.165) is 0 Å². The fourth-order valence-corrected chi connectivity index (χ4v) is 1.47. The van der Waals surface area contributed by atoms with Crippen molar-refractivity contribution < 1.29 is 9.53 Å². The first-order valence-electron chi connectivity index (χ1n) is 4.20. The van der Waals surface area contributed by atoms with Gasteiger partial charge in [-0.15, -0.1) is 11.6 Å². The fraction of sp³-hybridized carbons (Fsp3) is 0.300. The van der Waals surface area contributed by atoms with E-state index in [9.17, 15) is 4.79 Å². The number of rotatable bonds is 4. The van der Waals surface area contributed by atoms with Crippen molar-refractivity contribution in [2.45, 2.75) is 6.92 Å². The van der Waals surface area contributed by atoms with Crippen molar-refractivity contribution in [3.63, 3.8) is 0 Å². The van der Waals surface area contributed by atoms with E-state index in [1.165, 1.54) is 0 Å². The molecule has 0 N–H and O–H groups in total. The van der Waals surface area contributed by atoms with Gasteiger partial charge in [0.15, 0.2) is 5.78 Å². The molecule has 1 aromatic carbocycles. The maximum absolute atomic E-state index is 11.2. The van der Waals surface area contributed by atoms with Crippen LogP contribution in [-0.4, -0.2) is 18.3 Å². The molecule has 0 heterocycles. The first kappa shape index (κ1) is 11.3. The summed E-state index contributed by atoms with van der Waals surface area (Å²) in [7, 11) is 0. The third kappa shape index (κ3) is 2.63. The number of alkyl halides is 1. The van der Waals surface area contributed by atoms with E-state index in [1.807, 2.05) is 6.92 Å². The average molecular weight is 233 g/mol. The summed E-state index contributed by atoms with van der Waals surface area (Å²) < 4.78 is 5.23. The van der Waals surface area contributed by atoms with E-state index in [2.05, 4.69) is 0 Å². The number of carbonyl (C=O) groups excluding carboxylic acids is 1. The van der Waals surface area contributed by atoms with Gasteiger partial charge in [0.1, 0.15) is 5.75 Å². The molecule has 0 unspecified atom stereocenters. The molecule has 0 aliphatic rings. The van der Waals surface area contributed by atoms with Crippen molar-refractivity contribution in [1.29, 1.82) is 0 Å². The van der Waals surface area contributed by atoms with Gasteiger partial charge in [-0.3, -0.25) is 4.79 Å². The minimum Gasteiger partial charge on any atom is -0.494 e. The molecule has 76 valence electrons. The Morgan fingerprint density at radius 3 is 2.71 bits per heavy atom. The summed E-state index contributed by atoms with van der Waals surface area (Å²) in [6, 6.07) is 4.94. The minimum atomic E-state index is -0.181. The maximum Gasteiger partial charge on any atom is 0.179 e. The standard InChI is InChI=1S/C10H10Cl2O2/c1-2-14-7-3-4-8(9(12)5-7)10(13)6-11/h3-5H,2,6H2,1H3. The first-order chi connectivity index (χ1) is 6.69. The van der Waals surface area contributed by atoms with Gasteiger partial charge < -0.3 is 4.74 Å². The summed E-state index contributed by atoms with van der Waals surface area (Å²) >= 11 is 11.3. The molecule has 0 atom stereocenters. The Morgan fingerprint density at radius 2 is 2.21 bits per heavy atom. The predicted molar refractivity (Wildman–Crippen MR) is 57.7 cm³/mol. The Kier molecular flexibility index (Phi) is 4.23. The van der Waals surface area contributed by atoms with Gasteiger partial charge in [-0.25, -0.2) is 0 Å². The maximum atomic E-state index is 11.2. The number of halogens is 2. The largest absolute Gasteiger partial charge is 0.494 e. The molecule has 0 radical (unpaired) electrons. The van der Waals surface area contributed by atoms with Crippen LogP contribution in [0, 0.1) is 0 Å². The highest BCUT2D eigenvalue weighted by atomic mass is 35.5. The van der Waals surface area contributed by atoms with Crippen molar-refractivity contribution >= 4 is 29.0 Å². The summed E-state index contributed by atoms with van der Waals surface area (Å²) in [5, 5.41) is 0.376. The Bertz CT molecular complexity index is 337. The van der Waals surface area contributed by atoms with Crippen LogP contribution in [0.5, 0.6) is 5.75 Å². The van der Waals surface area contributed by atoms with Crippen LogP contribution in [0.2, 0.25) is 5.02 Å². The molecule has 2 nitrogen and oxygen atoms in total. The van der Waals surface area contributed by atoms with Crippen LogP contribution in [0.3, 0.4) is 0 Å². The molecular weight excluding hydrogens is 223 g/mol. The van der Waals surface area contributed by atoms with Gasteiger partial charge in [0, 0.05) is 5.56 Å². The highest BCUT2D eigenvalue weighted by Crippen LogP contribution is 2.23. The Hall–Kier alpha value is -0.730. The zero-order valence-electron chi connectivity index (χ0n) is 7.72. The SMILES string of the molecule is CCOc1ccc(C(=O)CCl)c(Cl)c1. The van der Waals surface area contributed by atoms with E-state index >= 15 is 0 Å². The molecule has 0 spiro atoms. The summed E-state index contributed by atoms with van der Waals surface area (Å²) in [5.41, 5.74) is 0.435. The second-order valence-corrected chi connectivity index (χ2v) is 3.31. The molecule has 0 saturated carbocycles. The lowest BCUT2D eigenvalue weighted by molar-refractivity contribution is 0.102. The molecule has 0 bridgehead atoms. The minimum absolute atomic E-state index is 0.0618. The van der Waals surface area contributed by atoms with Crippen LogP contribution in [0.15, 0.2) is 18.2 Å². The lowest BCUT2D eigenvalue weighted by Gasteiger charge is -2.05. The topological polar surface area (TPSA) is 26.3 Å². The lowest BCUT2D eigenvalue weighted by Crippen LogP contribution is -2.01. The average Bonchev–Trinajstić information content (AvgIpc) is 2.17. The third-order valence-corrected chi connectivity index (χ3v) is 2.23. The van der Waals surface area contributed by atoms with Gasteiger partial charge in [-0.05, 0) is 25.1 Å². The quantitative estimate of drug-likeness (QED) is 0.589. The van der Waals surface area contributed by atoms with Gasteiger partial charge in [-0.1, -0.05) is 11.6 Å². The highest BCUT2D eigenvalue weighted by Gasteiger charge is 2.09. The van der Waals surface area contributed by atoms with E-state index < -0.39 is 0 Å². The fourth-order valence-electron chi connectivity index (χ4n) is 1.05. The van der Waals surface area contributed by atoms with Crippen LogP contribution < -0.4 is 4.74 Å². The van der Waals surface area contributed by atoms with Gasteiger partial charge in [0.2, 0.25) is 0 Å². The van der Waals surface area contributed by atoms with Crippen molar-refractivity contribution in [2.24, 2.45) is 0 Å². The van der Waals surface area contributed by atoms with Crippen LogP contribution in [-0.2, 0) is 0 Å². The van der Waals surface area contributed by atoms with Gasteiger partial charge in [-0.2, -0.15) is 0 Å². The Morgan fingerprint density at radius 1 is 1.50 bits per heavy atom. The molecular formula is C10H10Cl2O2. The molecule has 14 heavy (non-hydrogen) atoms. The first-order valence-corrected chi connectivity index (χ1v) is 5.11. The van der Waals surface area contributed by atoms with E-state index in [1.54, 1.807) is 18.2 Å². The number of hydrogen-bond acceptors (Lipinski definition) is 2. The zero-order chi connectivity index (χ0) is 10.6. The normalized spacial score (nSPS) is 9.93. The molecule has 0 fully saturated rings. The highest BCUT2D eigenvalue weighted by molar-refractivity contribution is 6.37. The Labute approximate surface area is 92.8 Å². The van der Waals surface area contributed by atoms with Gasteiger partial charge in [0.25, 0.3) is 0 Å². The molecule has 0 aliphatic heterocycles. The van der Waals surface area contributed by atoms with Crippen LogP contribution in [0.25, 0.3) is 0 Å². The third-order valence-electron chi connectivity index (χ3n) is 1.67. The van der Waals surface area contributed by atoms with Crippen LogP contribution >= 0.6 is 23.2 Å². The smallest absolute Gasteiger partial charge is 0.179 e. The van der Waals surface area contributed by atoms with Gasteiger partial charge >= 0.3 is 0 Å². The second-order valence-electron chi connectivity index (χ2n) is 2.63. The van der Waals surface area contributed by atoms with E-state index in [-0.39, 0.29) is 11.7 Å². The monoisotopic (exact) mass is 232 g/mol. The number of ketones is 1. The van der Waals surface area contributed by atoms with Crippen molar-refractivity contribution in [3.8, 4) is 5.75 Å². The molecule has 0 amide bonds. The molecule has 1 aromatic rings. The zero-order valence-corrected chi connectivity index (χ0v) is 9.23. The lowest BCUT2D eigenvalue weighted by atomic mass is 10.1. The van der Waals surface area contributed by atoms with E-state index in [0.29, 0.717) is 22.9 Å². The number of Topliss-reactive ketones (excluding diaryl/α,β-unsaturated/α-hetero) is 1. The van der Waals surface area contributed by atoms with Crippen molar-refractivity contribution in [3.05, 3.63) is 28.8 Å². The van der Waals surface area contributed by atoms with Gasteiger partial charge in [0.05, 0.1) is 17.5 Å². The number of carbonyl (C=O) groups is 1. The molecule has 0 aromatic heterocycles. The summed E-state index contributed by atoms with van der Waals surface area (Å²) in [4.78, 5) is 11.2. The number of hydrogen-bond donors (Lipinski definition) is 0. The molecule has 4 heteroatoms. The van der Waals surface area contributed by atoms with Crippen molar-refractivity contribution in [1.82, 2.24) is 0 Å². The van der Waals surface area contributed by atoms with Crippen molar-refractivity contribution in [2.75, 3.05) is 12.5 Å². The number of ether oxygens (including phenoxy) is 1. The second kappa shape index (κ2) is 5.23. The summed E-state index contributed by atoms with van der Waals surface area (Å²) in [6.07, 6.45) is 0. The van der Waals surface area contributed by atoms with E-state index in [4.69, 9.17) is 27.9 Å². The Balaban J connectivity index is 2.95. The molecule has 0 aliphatic carbocycles. The molecule has 0 saturated heterocycles.